The van der Waals surface area contributed by atoms with E-state index < -0.39 is 27.2 Å². The molecule has 2 atom stereocenters. The summed E-state index contributed by atoms with van der Waals surface area (Å²) in [6, 6.07) is 0.709. The van der Waals surface area contributed by atoms with Crippen LogP contribution in [0.5, 0.6) is 0 Å². The zero-order valence-corrected chi connectivity index (χ0v) is 10.3. The molecule has 0 bridgehead atoms. The number of carbonyl (C=O) groups excluding carboxylic acids is 1. The first-order valence-electron chi connectivity index (χ1n) is 5.22. The third-order valence-corrected chi connectivity index (χ3v) is 4.86. The smallest absolute Gasteiger partial charge is 0.238 e. The second kappa shape index (κ2) is 5.44. The summed E-state index contributed by atoms with van der Waals surface area (Å²) in [5.41, 5.74) is 5.13. The van der Waals surface area contributed by atoms with Gasteiger partial charge in [-0.25, -0.2) is 8.42 Å². The minimum absolute atomic E-state index is 0.0497. The number of hydrogen-bond donors (Lipinski definition) is 1. The molecule has 0 radical (unpaired) electrons. The fourth-order valence-electron chi connectivity index (χ4n) is 1.65. The number of nitrogens with zero attached hydrogens (tertiary/aromatic N) is 2. The Labute approximate surface area is 100 Å². The topological polar surface area (TPSA) is 113 Å². The number of morpholine rings is 1. The van der Waals surface area contributed by atoms with Crippen molar-refractivity contribution in [2.75, 3.05) is 19.8 Å². The van der Waals surface area contributed by atoms with Gasteiger partial charge in [-0.3, -0.25) is 4.79 Å². The molecule has 0 spiro atoms. The van der Waals surface area contributed by atoms with Crippen LogP contribution in [0.3, 0.4) is 0 Å². The lowest BCUT2D eigenvalue weighted by Gasteiger charge is -2.33. The zero-order valence-electron chi connectivity index (χ0n) is 9.50. The van der Waals surface area contributed by atoms with Crippen LogP contribution in [-0.2, 0) is 19.6 Å². The van der Waals surface area contributed by atoms with Gasteiger partial charge in [0.2, 0.25) is 15.9 Å². The molecule has 0 aromatic rings. The molecule has 0 aromatic carbocycles. The maximum absolute atomic E-state index is 12.1. The van der Waals surface area contributed by atoms with E-state index in [-0.39, 0.29) is 26.2 Å². The Hall–Kier alpha value is -1.17. The Morgan fingerprint density at radius 1 is 1.71 bits per heavy atom. The summed E-state index contributed by atoms with van der Waals surface area (Å²) in [7, 11) is -3.83. The average Bonchev–Trinajstić information content (AvgIpc) is 2.30. The highest BCUT2D eigenvalue weighted by molar-refractivity contribution is 7.90. The first-order valence-corrected chi connectivity index (χ1v) is 6.72. The fourth-order valence-corrected chi connectivity index (χ4v) is 3.38. The second-order valence-corrected chi connectivity index (χ2v) is 5.74. The summed E-state index contributed by atoms with van der Waals surface area (Å²) in [6.07, 6.45) is 0.168. The summed E-state index contributed by atoms with van der Waals surface area (Å²) in [5, 5.41) is 7.66. The van der Waals surface area contributed by atoms with Crippen molar-refractivity contribution in [2.24, 2.45) is 5.73 Å². The van der Waals surface area contributed by atoms with Crippen LogP contribution in [0.25, 0.3) is 0 Å². The van der Waals surface area contributed by atoms with Crippen molar-refractivity contribution >= 4 is 15.9 Å². The third-order valence-electron chi connectivity index (χ3n) is 2.61. The van der Waals surface area contributed by atoms with E-state index in [1.165, 1.54) is 0 Å². The lowest BCUT2D eigenvalue weighted by molar-refractivity contribution is -0.125. The van der Waals surface area contributed by atoms with E-state index in [1.807, 2.05) is 0 Å². The number of carbonyl (C=O) groups is 1. The number of nitriles is 1. The molecule has 2 N–H and O–H groups in total. The Bertz CT molecular complexity index is 428. The monoisotopic (exact) mass is 261 g/mol. The molecular formula is C9H15N3O4S. The van der Waals surface area contributed by atoms with Gasteiger partial charge >= 0.3 is 0 Å². The van der Waals surface area contributed by atoms with Crippen molar-refractivity contribution in [3.8, 4) is 6.07 Å². The molecular weight excluding hydrogens is 246 g/mol. The molecule has 2 unspecified atom stereocenters. The number of ether oxygens (including phenoxy) is 1. The molecule has 7 nitrogen and oxygen atoms in total. The van der Waals surface area contributed by atoms with Gasteiger partial charge in [0.05, 0.1) is 19.3 Å². The minimum Gasteiger partial charge on any atom is -0.378 e. The van der Waals surface area contributed by atoms with Crippen molar-refractivity contribution in [3.05, 3.63) is 0 Å². The molecule has 17 heavy (non-hydrogen) atoms. The minimum atomic E-state index is -3.83. The molecule has 0 aliphatic carbocycles. The third kappa shape index (κ3) is 2.74. The van der Waals surface area contributed by atoms with Gasteiger partial charge in [-0.2, -0.15) is 9.57 Å². The Morgan fingerprint density at radius 2 is 2.35 bits per heavy atom. The largest absolute Gasteiger partial charge is 0.378 e. The van der Waals surface area contributed by atoms with Gasteiger partial charge in [-0.05, 0) is 6.42 Å². The predicted molar refractivity (Wildman–Crippen MR) is 59.1 cm³/mol. The maximum Gasteiger partial charge on any atom is 0.238 e. The quantitative estimate of drug-likeness (QED) is 0.683. The first kappa shape index (κ1) is 13.9. The molecule has 1 rings (SSSR count). The van der Waals surface area contributed by atoms with Gasteiger partial charge in [0.25, 0.3) is 0 Å². The van der Waals surface area contributed by atoms with Crippen molar-refractivity contribution < 1.29 is 17.9 Å². The lowest BCUT2D eigenvalue weighted by atomic mass is 10.3. The van der Waals surface area contributed by atoms with Crippen LogP contribution in [0.15, 0.2) is 0 Å². The number of rotatable bonds is 4. The van der Waals surface area contributed by atoms with E-state index in [0.29, 0.717) is 0 Å². The number of primary amides is 1. The van der Waals surface area contributed by atoms with Crippen molar-refractivity contribution in [2.45, 2.75) is 24.6 Å². The molecule has 1 aliphatic heterocycles. The average molecular weight is 261 g/mol. The van der Waals surface area contributed by atoms with Crippen molar-refractivity contribution in [1.29, 1.82) is 5.26 Å². The Morgan fingerprint density at radius 3 is 2.82 bits per heavy atom. The van der Waals surface area contributed by atoms with Crippen molar-refractivity contribution in [1.82, 2.24) is 4.31 Å². The highest BCUT2D eigenvalue weighted by Crippen LogP contribution is 2.18. The number of hydrogen-bond acceptors (Lipinski definition) is 5. The van der Waals surface area contributed by atoms with E-state index in [0.717, 1.165) is 4.31 Å². The molecule has 1 aliphatic rings. The normalized spacial score (nSPS) is 23.9. The van der Waals surface area contributed by atoms with Crippen LogP contribution in [0.1, 0.15) is 13.3 Å². The van der Waals surface area contributed by atoms with Crippen LogP contribution in [-0.4, -0.2) is 49.7 Å². The van der Waals surface area contributed by atoms with Gasteiger partial charge in [-0.1, -0.05) is 6.92 Å². The number of nitrogens with two attached hydrogens (primary N) is 1. The molecule has 0 saturated carbocycles. The van der Waals surface area contributed by atoms with Gasteiger partial charge in [0.15, 0.2) is 5.25 Å². The SMILES string of the molecule is CCC(C#N)S(=O)(=O)N1CCOCC1C(N)=O. The van der Waals surface area contributed by atoms with E-state index >= 15 is 0 Å². The standard InChI is InChI=1S/C9H15N3O4S/c1-2-7(5-10)17(14,15)12-3-4-16-6-8(12)9(11)13/h7-8H,2-4,6H2,1H3,(H2,11,13). The molecule has 1 fully saturated rings. The highest BCUT2D eigenvalue weighted by Gasteiger charge is 2.40. The predicted octanol–water partition coefficient (Wildman–Crippen LogP) is -1.20. The highest BCUT2D eigenvalue weighted by atomic mass is 32.2. The molecule has 8 heteroatoms. The van der Waals surface area contributed by atoms with E-state index in [2.05, 4.69) is 0 Å². The summed E-state index contributed by atoms with van der Waals surface area (Å²) in [6.45, 7) is 1.79. The summed E-state index contributed by atoms with van der Waals surface area (Å²) < 4.78 is 30.2. The molecule has 96 valence electrons. The summed E-state index contributed by atoms with van der Waals surface area (Å²) in [5.74, 6) is -0.763. The zero-order chi connectivity index (χ0) is 13.1. The van der Waals surface area contributed by atoms with Crippen LogP contribution < -0.4 is 5.73 Å². The van der Waals surface area contributed by atoms with Gasteiger partial charge in [-0.15, -0.1) is 0 Å². The van der Waals surface area contributed by atoms with Crippen LogP contribution >= 0.6 is 0 Å². The molecule has 1 amide bonds. The van der Waals surface area contributed by atoms with Gasteiger partial charge in [0, 0.05) is 6.54 Å². The maximum atomic E-state index is 12.1. The Kier molecular flexibility index (Phi) is 4.45. The number of sulfonamides is 1. The summed E-state index contributed by atoms with van der Waals surface area (Å²) in [4.78, 5) is 11.2. The van der Waals surface area contributed by atoms with Crippen LogP contribution in [0, 0.1) is 11.3 Å². The Balaban J connectivity index is 3.03. The van der Waals surface area contributed by atoms with Crippen LogP contribution in [0.4, 0.5) is 0 Å². The molecule has 1 heterocycles. The van der Waals surface area contributed by atoms with Crippen LogP contribution in [0.2, 0.25) is 0 Å². The molecule has 1 saturated heterocycles. The molecule has 0 aromatic heterocycles. The van der Waals surface area contributed by atoms with Crippen molar-refractivity contribution in [3.63, 3.8) is 0 Å². The number of amides is 1. The van der Waals surface area contributed by atoms with E-state index in [1.54, 1.807) is 13.0 Å². The van der Waals surface area contributed by atoms with Gasteiger partial charge in [0.1, 0.15) is 6.04 Å². The van der Waals surface area contributed by atoms with Gasteiger partial charge < -0.3 is 10.5 Å². The summed E-state index contributed by atoms with van der Waals surface area (Å²) >= 11 is 0. The van der Waals surface area contributed by atoms with E-state index in [4.69, 9.17) is 15.7 Å². The first-order chi connectivity index (χ1) is 7.95. The lowest BCUT2D eigenvalue weighted by Crippen LogP contribution is -2.56. The van der Waals surface area contributed by atoms with E-state index in [9.17, 15) is 13.2 Å². The fraction of sp³-hybridized carbons (Fsp3) is 0.778. The second-order valence-electron chi connectivity index (χ2n) is 3.67.